The molecule has 5 nitrogen and oxygen atoms in total. The van der Waals surface area contributed by atoms with E-state index in [2.05, 4.69) is 20.2 Å². The molecule has 1 aliphatic rings. The molecule has 1 aromatic heterocycles. The van der Waals surface area contributed by atoms with Crippen molar-refractivity contribution < 1.29 is 5.11 Å². The Morgan fingerprint density at radius 2 is 1.95 bits per heavy atom. The lowest BCUT2D eigenvalue weighted by molar-refractivity contribution is 0.418. The zero-order valence-corrected chi connectivity index (χ0v) is 11.9. The molecule has 1 unspecified atom stereocenters. The fraction of sp³-hybridized carbons (Fsp3) is 0.375. The topological polar surface area (TPSA) is 61.3 Å². The molecule has 0 aliphatic carbocycles. The maximum Gasteiger partial charge on any atom is 0.225 e. The second-order valence-corrected chi connectivity index (χ2v) is 5.38. The number of hydrogen-bond donors (Lipinski definition) is 2. The highest BCUT2D eigenvalue weighted by molar-refractivity contribution is 5.30. The Kier molecular flexibility index (Phi) is 4.31. The van der Waals surface area contributed by atoms with Gasteiger partial charge in [-0.2, -0.15) is 0 Å². The van der Waals surface area contributed by atoms with Gasteiger partial charge in [-0.1, -0.05) is 12.1 Å². The van der Waals surface area contributed by atoms with Crippen LogP contribution in [0.5, 0.6) is 5.75 Å². The number of phenolic OH excluding ortho intramolecular Hbond substituents is 1. The first-order valence-corrected chi connectivity index (χ1v) is 7.34. The van der Waals surface area contributed by atoms with E-state index in [1.165, 1.54) is 12.0 Å². The molecule has 1 fully saturated rings. The van der Waals surface area contributed by atoms with Gasteiger partial charge in [0, 0.05) is 38.1 Å². The van der Waals surface area contributed by atoms with Crippen molar-refractivity contribution in [3.05, 3.63) is 48.3 Å². The van der Waals surface area contributed by atoms with E-state index in [1.54, 1.807) is 24.5 Å². The number of rotatable bonds is 4. The van der Waals surface area contributed by atoms with E-state index in [-0.39, 0.29) is 0 Å². The minimum atomic E-state index is 0.309. The number of aromatic nitrogens is 2. The summed E-state index contributed by atoms with van der Waals surface area (Å²) in [7, 11) is 0. The van der Waals surface area contributed by atoms with E-state index in [0.717, 1.165) is 32.0 Å². The lowest BCUT2D eigenvalue weighted by Gasteiger charge is -2.33. The SMILES string of the molecule is Oc1ccc(CNC2CCCN(c3ncccn3)C2)cc1. The summed E-state index contributed by atoms with van der Waals surface area (Å²) < 4.78 is 0. The summed E-state index contributed by atoms with van der Waals surface area (Å²) in [5.41, 5.74) is 1.18. The Morgan fingerprint density at radius 1 is 1.19 bits per heavy atom. The number of aromatic hydroxyl groups is 1. The first-order chi connectivity index (χ1) is 10.3. The quantitative estimate of drug-likeness (QED) is 0.898. The molecule has 1 saturated heterocycles. The Morgan fingerprint density at radius 3 is 2.71 bits per heavy atom. The van der Waals surface area contributed by atoms with Crippen molar-refractivity contribution in [1.82, 2.24) is 15.3 Å². The minimum absolute atomic E-state index is 0.309. The first-order valence-electron chi connectivity index (χ1n) is 7.34. The van der Waals surface area contributed by atoms with Gasteiger partial charge in [-0.15, -0.1) is 0 Å². The predicted octanol–water partition coefficient (Wildman–Crippen LogP) is 1.94. The third-order valence-corrected chi connectivity index (χ3v) is 3.79. The fourth-order valence-electron chi connectivity index (χ4n) is 2.66. The van der Waals surface area contributed by atoms with Crippen LogP contribution in [0.25, 0.3) is 0 Å². The monoisotopic (exact) mass is 284 g/mol. The standard InChI is InChI=1S/C16H20N4O/c21-15-6-4-13(5-7-15)11-19-14-3-1-10-20(12-14)16-17-8-2-9-18-16/h2,4-9,14,19,21H,1,3,10-12H2. The minimum Gasteiger partial charge on any atom is -0.508 e. The van der Waals surface area contributed by atoms with Gasteiger partial charge in [0.05, 0.1) is 0 Å². The Balaban J connectivity index is 1.55. The van der Waals surface area contributed by atoms with Crippen molar-refractivity contribution in [2.24, 2.45) is 0 Å². The van der Waals surface area contributed by atoms with E-state index in [4.69, 9.17) is 0 Å². The first kappa shape index (κ1) is 13.8. The van der Waals surface area contributed by atoms with Crippen molar-refractivity contribution >= 4 is 5.95 Å². The van der Waals surface area contributed by atoms with Crippen LogP contribution in [0.4, 0.5) is 5.95 Å². The molecular formula is C16H20N4O. The molecule has 2 aromatic rings. The normalized spacial score (nSPS) is 18.7. The van der Waals surface area contributed by atoms with Crippen molar-refractivity contribution in [2.45, 2.75) is 25.4 Å². The molecule has 0 saturated carbocycles. The molecule has 0 bridgehead atoms. The fourth-order valence-corrected chi connectivity index (χ4v) is 2.66. The van der Waals surface area contributed by atoms with Gasteiger partial charge in [-0.05, 0) is 36.6 Å². The van der Waals surface area contributed by atoms with E-state index in [0.29, 0.717) is 11.8 Å². The van der Waals surface area contributed by atoms with Crippen LogP contribution in [0.2, 0.25) is 0 Å². The number of benzene rings is 1. The smallest absolute Gasteiger partial charge is 0.225 e. The second-order valence-electron chi connectivity index (χ2n) is 5.38. The largest absolute Gasteiger partial charge is 0.508 e. The zero-order chi connectivity index (χ0) is 14.5. The van der Waals surface area contributed by atoms with Crippen molar-refractivity contribution in [3.8, 4) is 5.75 Å². The molecule has 1 atom stereocenters. The zero-order valence-electron chi connectivity index (χ0n) is 11.9. The molecular weight excluding hydrogens is 264 g/mol. The van der Waals surface area contributed by atoms with Gasteiger partial charge in [0.15, 0.2) is 0 Å². The average molecular weight is 284 g/mol. The number of phenols is 1. The van der Waals surface area contributed by atoms with Crippen LogP contribution in [-0.4, -0.2) is 34.2 Å². The molecule has 5 heteroatoms. The maximum atomic E-state index is 9.29. The van der Waals surface area contributed by atoms with Crippen molar-refractivity contribution in [3.63, 3.8) is 0 Å². The highest BCUT2D eigenvalue weighted by Gasteiger charge is 2.20. The lowest BCUT2D eigenvalue weighted by Crippen LogP contribution is -2.46. The van der Waals surface area contributed by atoms with Crippen LogP contribution in [0.3, 0.4) is 0 Å². The number of hydrogen-bond acceptors (Lipinski definition) is 5. The Hall–Kier alpha value is -2.14. The summed E-state index contributed by atoms with van der Waals surface area (Å²) >= 11 is 0. The number of nitrogens with zero attached hydrogens (tertiary/aromatic N) is 3. The number of piperidine rings is 1. The van der Waals surface area contributed by atoms with Gasteiger partial charge in [0.1, 0.15) is 5.75 Å². The van der Waals surface area contributed by atoms with E-state index in [1.807, 2.05) is 18.2 Å². The Bertz CT molecular complexity index is 558. The molecule has 2 heterocycles. The predicted molar refractivity (Wildman–Crippen MR) is 82.2 cm³/mol. The molecule has 2 N–H and O–H groups in total. The second kappa shape index (κ2) is 6.54. The summed E-state index contributed by atoms with van der Waals surface area (Å²) in [5, 5.41) is 12.9. The van der Waals surface area contributed by atoms with Crippen LogP contribution in [-0.2, 0) is 6.54 Å². The van der Waals surface area contributed by atoms with Gasteiger partial charge < -0.3 is 15.3 Å². The summed E-state index contributed by atoms with van der Waals surface area (Å²) in [6.45, 7) is 2.76. The molecule has 0 spiro atoms. The molecule has 1 aromatic carbocycles. The molecule has 0 radical (unpaired) electrons. The van der Waals surface area contributed by atoms with Crippen LogP contribution in [0, 0.1) is 0 Å². The molecule has 21 heavy (non-hydrogen) atoms. The molecule has 0 amide bonds. The van der Waals surface area contributed by atoms with E-state index < -0.39 is 0 Å². The van der Waals surface area contributed by atoms with Gasteiger partial charge in [0.25, 0.3) is 0 Å². The maximum absolute atomic E-state index is 9.29. The van der Waals surface area contributed by atoms with Crippen molar-refractivity contribution in [1.29, 1.82) is 0 Å². The summed E-state index contributed by atoms with van der Waals surface area (Å²) in [4.78, 5) is 10.9. The highest BCUT2D eigenvalue weighted by Crippen LogP contribution is 2.16. The third kappa shape index (κ3) is 3.70. The van der Waals surface area contributed by atoms with Crippen LogP contribution in [0.1, 0.15) is 18.4 Å². The van der Waals surface area contributed by atoms with E-state index in [9.17, 15) is 5.11 Å². The van der Waals surface area contributed by atoms with Crippen LogP contribution >= 0.6 is 0 Å². The van der Waals surface area contributed by atoms with Gasteiger partial charge in [-0.3, -0.25) is 0 Å². The Labute approximate surface area is 124 Å². The van der Waals surface area contributed by atoms with Gasteiger partial charge >= 0.3 is 0 Å². The summed E-state index contributed by atoms with van der Waals surface area (Å²) in [6.07, 6.45) is 5.89. The third-order valence-electron chi connectivity index (χ3n) is 3.79. The highest BCUT2D eigenvalue weighted by atomic mass is 16.3. The van der Waals surface area contributed by atoms with Crippen molar-refractivity contribution in [2.75, 3.05) is 18.0 Å². The lowest BCUT2D eigenvalue weighted by atomic mass is 10.1. The summed E-state index contributed by atoms with van der Waals surface area (Å²) in [5.74, 6) is 1.12. The van der Waals surface area contributed by atoms with Gasteiger partial charge in [-0.25, -0.2) is 9.97 Å². The molecule has 1 aliphatic heterocycles. The molecule has 110 valence electrons. The average Bonchev–Trinajstić information content (AvgIpc) is 2.55. The van der Waals surface area contributed by atoms with Crippen LogP contribution in [0.15, 0.2) is 42.7 Å². The number of anilines is 1. The van der Waals surface area contributed by atoms with Crippen LogP contribution < -0.4 is 10.2 Å². The van der Waals surface area contributed by atoms with E-state index >= 15 is 0 Å². The number of nitrogens with one attached hydrogen (secondary N) is 1. The molecule has 3 rings (SSSR count). The van der Waals surface area contributed by atoms with Gasteiger partial charge in [0.2, 0.25) is 5.95 Å². The summed E-state index contributed by atoms with van der Waals surface area (Å²) in [6, 6.07) is 9.63.